The van der Waals surface area contributed by atoms with Gasteiger partial charge in [-0.1, -0.05) is 12.1 Å². The summed E-state index contributed by atoms with van der Waals surface area (Å²) in [4.78, 5) is 35.1. The van der Waals surface area contributed by atoms with Crippen LogP contribution in [-0.4, -0.2) is 35.2 Å². The van der Waals surface area contributed by atoms with Gasteiger partial charge in [-0.25, -0.2) is 5.43 Å². The van der Waals surface area contributed by atoms with E-state index in [1.165, 1.54) is 49.7 Å². The molecule has 0 radical (unpaired) electrons. The van der Waals surface area contributed by atoms with Gasteiger partial charge in [-0.05, 0) is 42.5 Å². The molecule has 0 atom stereocenters. The average Bonchev–Trinajstić information content (AvgIpc) is 2.80. The zero-order valence-electron chi connectivity index (χ0n) is 16.8. The van der Waals surface area contributed by atoms with Gasteiger partial charge in [-0.2, -0.15) is 5.10 Å². The van der Waals surface area contributed by atoms with Crippen LogP contribution in [0.25, 0.3) is 0 Å². The quantitative estimate of drug-likeness (QED) is 0.296. The normalized spacial score (nSPS) is 10.5. The maximum atomic E-state index is 12.4. The van der Waals surface area contributed by atoms with E-state index in [1.54, 1.807) is 24.3 Å². The molecule has 0 aliphatic carbocycles. The van der Waals surface area contributed by atoms with Crippen molar-refractivity contribution in [1.82, 2.24) is 5.43 Å². The van der Waals surface area contributed by atoms with Crippen LogP contribution in [0.15, 0.2) is 71.8 Å². The number of carbonyl (C=O) groups excluding carboxylic acids is 2. The van der Waals surface area contributed by atoms with Crippen LogP contribution < -0.4 is 15.5 Å². The minimum atomic E-state index is -0.590. The minimum absolute atomic E-state index is 0.0327. The molecule has 2 amide bonds. The van der Waals surface area contributed by atoms with Gasteiger partial charge >= 0.3 is 0 Å². The third-order valence-corrected chi connectivity index (χ3v) is 4.31. The molecule has 162 valence electrons. The summed E-state index contributed by atoms with van der Waals surface area (Å²) in [6, 6.07) is 16.0. The van der Waals surface area contributed by atoms with E-state index in [0.717, 1.165) is 6.07 Å². The Balaban J connectivity index is 1.68. The van der Waals surface area contributed by atoms with Crippen molar-refractivity contribution in [3.63, 3.8) is 0 Å². The first-order valence-electron chi connectivity index (χ1n) is 9.23. The van der Waals surface area contributed by atoms with Crippen LogP contribution in [0.2, 0.25) is 0 Å². The predicted molar refractivity (Wildman–Crippen MR) is 117 cm³/mol. The van der Waals surface area contributed by atoms with Gasteiger partial charge in [0.1, 0.15) is 11.5 Å². The summed E-state index contributed by atoms with van der Waals surface area (Å²) >= 11 is 0. The van der Waals surface area contributed by atoms with Crippen LogP contribution in [0, 0.1) is 10.1 Å². The fourth-order valence-corrected chi connectivity index (χ4v) is 2.69. The molecule has 0 heterocycles. The topological polar surface area (TPSA) is 143 Å². The Labute approximate surface area is 182 Å². The lowest BCUT2D eigenvalue weighted by Crippen LogP contribution is -2.18. The van der Waals surface area contributed by atoms with E-state index < -0.39 is 16.7 Å². The number of ether oxygens (including phenoxy) is 1. The maximum Gasteiger partial charge on any atom is 0.271 e. The highest BCUT2D eigenvalue weighted by Gasteiger charge is 2.13. The number of non-ortho nitro benzene ring substituents is 1. The van der Waals surface area contributed by atoms with Crippen molar-refractivity contribution < 1.29 is 24.4 Å². The number of hydrazone groups is 1. The van der Waals surface area contributed by atoms with Crippen LogP contribution in [0.5, 0.6) is 11.5 Å². The molecule has 10 heteroatoms. The number of rotatable bonds is 7. The predicted octanol–water partition coefficient (Wildman–Crippen LogP) is 3.33. The molecular weight excluding hydrogens is 416 g/mol. The number of nitro benzene ring substituents is 1. The Morgan fingerprint density at radius 1 is 1.03 bits per heavy atom. The van der Waals surface area contributed by atoms with Crippen molar-refractivity contribution in [3.05, 3.63) is 93.5 Å². The average molecular weight is 434 g/mol. The van der Waals surface area contributed by atoms with Gasteiger partial charge in [0.15, 0.2) is 0 Å². The number of phenolic OH excluding ortho intramolecular Hbond substituents is 1. The molecule has 0 saturated heterocycles. The van der Waals surface area contributed by atoms with Gasteiger partial charge < -0.3 is 15.2 Å². The number of aromatic hydroxyl groups is 1. The summed E-state index contributed by atoms with van der Waals surface area (Å²) in [5.41, 5.74) is 3.13. The van der Waals surface area contributed by atoms with E-state index in [1.807, 2.05) is 0 Å². The minimum Gasteiger partial charge on any atom is -0.507 e. The number of carbonyl (C=O) groups is 2. The van der Waals surface area contributed by atoms with E-state index >= 15 is 0 Å². The summed E-state index contributed by atoms with van der Waals surface area (Å²) in [5.74, 6) is -0.620. The zero-order chi connectivity index (χ0) is 23.1. The number of nitrogens with one attached hydrogen (secondary N) is 2. The molecule has 0 unspecified atom stereocenters. The smallest absolute Gasteiger partial charge is 0.271 e. The number of amides is 2. The van der Waals surface area contributed by atoms with Crippen molar-refractivity contribution in [2.45, 2.75) is 0 Å². The van der Waals surface area contributed by atoms with E-state index in [9.17, 15) is 24.8 Å². The number of methoxy groups -OCH3 is 1. The van der Waals surface area contributed by atoms with Crippen LogP contribution in [-0.2, 0) is 0 Å². The molecule has 3 rings (SSSR count). The Morgan fingerprint density at radius 2 is 1.75 bits per heavy atom. The van der Waals surface area contributed by atoms with Gasteiger partial charge in [0.2, 0.25) is 0 Å². The number of hydrogen-bond acceptors (Lipinski definition) is 7. The van der Waals surface area contributed by atoms with E-state index in [4.69, 9.17) is 4.74 Å². The SMILES string of the molecule is COc1ccc(O)c(/C=N\NC(=O)c2cccc(NC(=O)c3cccc([N+](=O)[O-])c3)c2)c1. The number of hydrogen-bond donors (Lipinski definition) is 3. The highest BCUT2D eigenvalue weighted by atomic mass is 16.6. The van der Waals surface area contributed by atoms with Crippen molar-refractivity contribution in [2.75, 3.05) is 12.4 Å². The second-order valence-corrected chi connectivity index (χ2v) is 6.47. The molecule has 3 aromatic rings. The highest BCUT2D eigenvalue weighted by molar-refractivity contribution is 6.05. The summed E-state index contributed by atoms with van der Waals surface area (Å²) in [6.07, 6.45) is 1.27. The summed E-state index contributed by atoms with van der Waals surface area (Å²) < 4.78 is 5.07. The number of phenols is 1. The fraction of sp³-hybridized carbons (Fsp3) is 0.0455. The number of nitro groups is 1. The Kier molecular flexibility index (Phi) is 6.76. The lowest BCUT2D eigenvalue weighted by Gasteiger charge is -2.07. The van der Waals surface area contributed by atoms with E-state index in [2.05, 4.69) is 15.8 Å². The third kappa shape index (κ3) is 5.45. The Bertz CT molecular complexity index is 1210. The largest absolute Gasteiger partial charge is 0.507 e. The van der Waals surface area contributed by atoms with Crippen molar-refractivity contribution in [2.24, 2.45) is 5.10 Å². The molecule has 3 aromatic carbocycles. The van der Waals surface area contributed by atoms with E-state index in [-0.39, 0.29) is 22.6 Å². The maximum absolute atomic E-state index is 12.4. The molecule has 32 heavy (non-hydrogen) atoms. The van der Waals surface area contributed by atoms with Crippen molar-refractivity contribution in [1.29, 1.82) is 0 Å². The lowest BCUT2D eigenvalue weighted by atomic mass is 10.1. The second kappa shape index (κ2) is 9.85. The third-order valence-electron chi connectivity index (χ3n) is 4.31. The Hall–Kier alpha value is -4.73. The Morgan fingerprint density at radius 3 is 2.47 bits per heavy atom. The van der Waals surface area contributed by atoms with E-state index in [0.29, 0.717) is 17.0 Å². The lowest BCUT2D eigenvalue weighted by molar-refractivity contribution is -0.384. The fourth-order valence-electron chi connectivity index (χ4n) is 2.69. The van der Waals surface area contributed by atoms with Crippen molar-refractivity contribution >= 4 is 29.4 Å². The van der Waals surface area contributed by atoms with Gasteiger partial charge in [-0.3, -0.25) is 19.7 Å². The van der Waals surface area contributed by atoms with Crippen molar-refractivity contribution in [3.8, 4) is 11.5 Å². The summed E-state index contributed by atoms with van der Waals surface area (Å²) in [5, 5.41) is 27.1. The van der Waals surface area contributed by atoms with Crippen LogP contribution in [0.1, 0.15) is 26.3 Å². The zero-order valence-corrected chi connectivity index (χ0v) is 16.8. The standard InChI is InChI=1S/C22H18N4O6/c1-32-19-8-9-20(27)16(12-19)13-23-25-22(29)14-4-2-6-17(10-14)24-21(28)15-5-3-7-18(11-15)26(30)31/h2-13,27H,1H3,(H,24,28)(H,25,29)/b23-13-. The summed E-state index contributed by atoms with van der Waals surface area (Å²) in [7, 11) is 1.49. The first-order chi connectivity index (χ1) is 15.4. The van der Waals surface area contributed by atoms with Crippen LogP contribution >= 0.6 is 0 Å². The first kappa shape index (κ1) is 22.0. The van der Waals surface area contributed by atoms with Crippen LogP contribution in [0.4, 0.5) is 11.4 Å². The summed E-state index contributed by atoms with van der Waals surface area (Å²) in [6.45, 7) is 0. The molecule has 0 bridgehead atoms. The molecule has 0 aliphatic rings. The number of anilines is 1. The van der Waals surface area contributed by atoms with Crippen LogP contribution in [0.3, 0.4) is 0 Å². The number of benzene rings is 3. The van der Waals surface area contributed by atoms with Gasteiger partial charge in [0.05, 0.1) is 18.2 Å². The monoisotopic (exact) mass is 434 g/mol. The molecule has 10 nitrogen and oxygen atoms in total. The highest BCUT2D eigenvalue weighted by Crippen LogP contribution is 2.21. The molecule has 0 saturated carbocycles. The molecule has 0 spiro atoms. The van der Waals surface area contributed by atoms with Gasteiger partial charge in [0.25, 0.3) is 17.5 Å². The molecule has 0 aromatic heterocycles. The van der Waals surface area contributed by atoms with Gasteiger partial charge in [0, 0.05) is 34.5 Å². The molecule has 3 N–H and O–H groups in total. The molecule has 0 fully saturated rings. The first-order valence-corrected chi connectivity index (χ1v) is 9.23. The molecular formula is C22H18N4O6. The number of nitrogens with zero attached hydrogens (tertiary/aromatic N) is 2. The molecule has 0 aliphatic heterocycles. The van der Waals surface area contributed by atoms with Gasteiger partial charge in [-0.15, -0.1) is 0 Å². The second-order valence-electron chi connectivity index (χ2n) is 6.47.